The van der Waals surface area contributed by atoms with Crippen molar-refractivity contribution in [3.63, 3.8) is 0 Å². The van der Waals surface area contributed by atoms with Gasteiger partial charge in [-0.2, -0.15) is 0 Å². The van der Waals surface area contributed by atoms with Crippen molar-refractivity contribution in [2.45, 2.75) is 27.7 Å². The first-order chi connectivity index (χ1) is 10.3. The first-order valence-electron chi connectivity index (χ1n) is 7.02. The van der Waals surface area contributed by atoms with Crippen LogP contribution in [-0.2, 0) is 0 Å². The molecule has 2 aromatic rings. The number of carboxylic acids is 1. The Labute approximate surface area is 131 Å². The van der Waals surface area contributed by atoms with E-state index in [0.29, 0.717) is 5.69 Å². The summed E-state index contributed by atoms with van der Waals surface area (Å²) in [7, 11) is 0. The van der Waals surface area contributed by atoms with E-state index in [1.165, 1.54) is 6.07 Å². The molecule has 0 spiro atoms. The highest BCUT2D eigenvalue weighted by Crippen LogP contribution is 2.13. The van der Waals surface area contributed by atoms with Crippen molar-refractivity contribution in [1.82, 2.24) is 0 Å². The van der Waals surface area contributed by atoms with Crippen molar-refractivity contribution in [3.8, 4) is 0 Å². The molecule has 0 atom stereocenters. The lowest BCUT2D eigenvalue weighted by molar-refractivity contribution is 0.0698. The van der Waals surface area contributed by atoms with Gasteiger partial charge < -0.3 is 22.3 Å². The SMILES string of the molecule is CC.Cc1cc(N)ccc1N.Cc1ccc(C(=O)O)c(N)c1. The summed E-state index contributed by atoms with van der Waals surface area (Å²) < 4.78 is 0. The molecule has 0 heterocycles. The van der Waals surface area contributed by atoms with Gasteiger partial charge in [0.2, 0.25) is 0 Å². The van der Waals surface area contributed by atoms with Crippen LogP contribution in [0.25, 0.3) is 0 Å². The Balaban J connectivity index is 0.000000366. The van der Waals surface area contributed by atoms with E-state index in [4.69, 9.17) is 22.3 Å². The molecule has 22 heavy (non-hydrogen) atoms. The van der Waals surface area contributed by atoms with Gasteiger partial charge >= 0.3 is 5.97 Å². The molecule has 7 N–H and O–H groups in total. The van der Waals surface area contributed by atoms with Gasteiger partial charge in [0, 0.05) is 17.1 Å². The fourth-order valence-corrected chi connectivity index (χ4v) is 1.58. The van der Waals surface area contributed by atoms with Gasteiger partial charge in [-0.25, -0.2) is 4.79 Å². The Morgan fingerprint density at radius 2 is 1.50 bits per heavy atom. The molecular formula is C17H25N3O2. The summed E-state index contributed by atoms with van der Waals surface area (Å²) >= 11 is 0. The van der Waals surface area contributed by atoms with E-state index in [-0.39, 0.29) is 5.56 Å². The third-order valence-electron chi connectivity index (χ3n) is 2.73. The van der Waals surface area contributed by atoms with Crippen LogP contribution in [0.1, 0.15) is 35.3 Å². The monoisotopic (exact) mass is 303 g/mol. The lowest BCUT2D eigenvalue weighted by Crippen LogP contribution is -2.01. The summed E-state index contributed by atoms with van der Waals surface area (Å²) in [6.45, 7) is 7.80. The van der Waals surface area contributed by atoms with E-state index in [9.17, 15) is 4.79 Å². The van der Waals surface area contributed by atoms with E-state index in [1.807, 2.05) is 39.8 Å². The lowest BCUT2D eigenvalue weighted by atomic mass is 10.1. The molecule has 0 aliphatic rings. The van der Waals surface area contributed by atoms with Crippen LogP contribution >= 0.6 is 0 Å². The van der Waals surface area contributed by atoms with Gasteiger partial charge in [-0.05, 0) is 55.3 Å². The molecule has 0 bridgehead atoms. The van der Waals surface area contributed by atoms with Crippen molar-refractivity contribution in [2.24, 2.45) is 0 Å². The predicted molar refractivity (Wildman–Crippen MR) is 93.9 cm³/mol. The molecule has 5 heteroatoms. The molecule has 0 radical (unpaired) electrons. The maximum absolute atomic E-state index is 10.5. The summed E-state index contributed by atoms with van der Waals surface area (Å²) in [5, 5.41) is 8.58. The molecule has 5 nitrogen and oxygen atoms in total. The summed E-state index contributed by atoms with van der Waals surface area (Å²) in [5.74, 6) is -0.984. The standard InChI is InChI=1S/C8H9NO2.C7H10N2.C2H6/c1-5-2-3-6(8(10)11)7(9)4-5;1-5-4-6(8)2-3-7(5)9;1-2/h2-4H,9H2,1H3,(H,10,11);2-4H,8-9H2,1H3;1-2H3. The summed E-state index contributed by atoms with van der Waals surface area (Å²) in [4.78, 5) is 10.5. The number of benzene rings is 2. The van der Waals surface area contributed by atoms with Crippen LogP contribution < -0.4 is 17.2 Å². The minimum atomic E-state index is -0.984. The molecule has 2 rings (SSSR count). The van der Waals surface area contributed by atoms with Crippen LogP contribution in [-0.4, -0.2) is 11.1 Å². The largest absolute Gasteiger partial charge is 0.478 e. The second kappa shape index (κ2) is 9.28. The molecule has 0 fully saturated rings. The molecular weight excluding hydrogens is 278 g/mol. The fraction of sp³-hybridized carbons (Fsp3) is 0.235. The van der Waals surface area contributed by atoms with E-state index >= 15 is 0 Å². The van der Waals surface area contributed by atoms with Crippen LogP contribution in [0.5, 0.6) is 0 Å². The average Bonchev–Trinajstić information content (AvgIpc) is 2.45. The highest BCUT2D eigenvalue weighted by molar-refractivity contribution is 5.93. The van der Waals surface area contributed by atoms with E-state index in [2.05, 4.69) is 0 Å². The van der Waals surface area contributed by atoms with E-state index in [1.54, 1.807) is 18.2 Å². The Hall–Kier alpha value is -2.69. The zero-order valence-corrected chi connectivity index (χ0v) is 13.6. The number of anilines is 3. The number of nitrogen functional groups attached to an aromatic ring is 3. The quantitative estimate of drug-likeness (QED) is 0.602. The predicted octanol–water partition coefficient (Wildman–Crippen LogP) is 3.46. The molecule has 0 aromatic heterocycles. The van der Waals surface area contributed by atoms with Crippen LogP contribution in [0.2, 0.25) is 0 Å². The molecule has 0 saturated heterocycles. The smallest absolute Gasteiger partial charge is 0.337 e. The zero-order chi connectivity index (χ0) is 17.3. The summed E-state index contributed by atoms with van der Waals surface area (Å²) in [6.07, 6.45) is 0. The third kappa shape index (κ3) is 6.17. The van der Waals surface area contributed by atoms with Gasteiger partial charge in [-0.15, -0.1) is 0 Å². The first kappa shape index (κ1) is 19.3. The molecule has 120 valence electrons. The van der Waals surface area contributed by atoms with Gasteiger partial charge in [0.25, 0.3) is 0 Å². The maximum atomic E-state index is 10.5. The minimum Gasteiger partial charge on any atom is -0.478 e. The first-order valence-corrected chi connectivity index (χ1v) is 7.02. The summed E-state index contributed by atoms with van der Waals surface area (Å²) in [6, 6.07) is 10.3. The average molecular weight is 303 g/mol. The topological polar surface area (TPSA) is 115 Å². The van der Waals surface area contributed by atoms with Crippen molar-refractivity contribution >= 4 is 23.0 Å². The van der Waals surface area contributed by atoms with Crippen LogP contribution in [0.3, 0.4) is 0 Å². The number of aryl methyl sites for hydroxylation is 2. The minimum absolute atomic E-state index is 0.163. The van der Waals surface area contributed by atoms with Crippen molar-refractivity contribution in [3.05, 3.63) is 53.1 Å². The number of rotatable bonds is 1. The number of aromatic carboxylic acids is 1. The number of hydrogen-bond donors (Lipinski definition) is 4. The molecule has 0 unspecified atom stereocenters. The van der Waals surface area contributed by atoms with Crippen LogP contribution in [0, 0.1) is 13.8 Å². The normalized spacial score (nSPS) is 8.91. The Morgan fingerprint density at radius 1 is 0.909 bits per heavy atom. The second-order valence-electron chi connectivity index (χ2n) is 4.51. The van der Waals surface area contributed by atoms with Gasteiger partial charge in [0.1, 0.15) is 0 Å². The highest BCUT2D eigenvalue weighted by atomic mass is 16.4. The van der Waals surface area contributed by atoms with Crippen molar-refractivity contribution in [2.75, 3.05) is 17.2 Å². The van der Waals surface area contributed by atoms with Crippen molar-refractivity contribution in [1.29, 1.82) is 0 Å². The maximum Gasteiger partial charge on any atom is 0.337 e. The summed E-state index contributed by atoms with van der Waals surface area (Å²) in [5.41, 5.74) is 20.5. The Bertz CT molecular complexity index is 625. The van der Waals surface area contributed by atoms with E-state index < -0.39 is 5.97 Å². The van der Waals surface area contributed by atoms with Crippen LogP contribution in [0.15, 0.2) is 36.4 Å². The molecule has 0 aliphatic carbocycles. The second-order valence-corrected chi connectivity index (χ2v) is 4.51. The third-order valence-corrected chi connectivity index (χ3v) is 2.73. The number of hydrogen-bond acceptors (Lipinski definition) is 4. The van der Waals surface area contributed by atoms with E-state index in [0.717, 1.165) is 22.5 Å². The number of carboxylic acid groups (broad SMARTS) is 1. The number of nitrogens with two attached hydrogens (primary N) is 3. The fourth-order valence-electron chi connectivity index (χ4n) is 1.58. The van der Waals surface area contributed by atoms with Gasteiger partial charge in [-0.1, -0.05) is 19.9 Å². The Kier molecular flexibility index (Phi) is 8.15. The van der Waals surface area contributed by atoms with Crippen molar-refractivity contribution < 1.29 is 9.90 Å². The van der Waals surface area contributed by atoms with Crippen LogP contribution in [0.4, 0.5) is 17.1 Å². The van der Waals surface area contributed by atoms with Gasteiger partial charge in [0.15, 0.2) is 0 Å². The number of carbonyl (C=O) groups is 1. The molecule has 0 aliphatic heterocycles. The molecule has 0 amide bonds. The lowest BCUT2D eigenvalue weighted by Gasteiger charge is -2.00. The van der Waals surface area contributed by atoms with Gasteiger partial charge in [-0.3, -0.25) is 0 Å². The molecule has 2 aromatic carbocycles. The Morgan fingerprint density at radius 3 is 1.91 bits per heavy atom. The molecule has 0 saturated carbocycles. The van der Waals surface area contributed by atoms with Gasteiger partial charge in [0.05, 0.1) is 5.56 Å². The highest BCUT2D eigenvalue weighted by Gasteiger charge is 2.05. The zero-order valence-electron chi connectivity index (χ0n) is 13.6.